The second kappa shape index (κ2) is 11.4. The normalized spacial score (nSPS) is 15.8. The molecule has 36 heavy (non-hydrogen) atoms. The lowest BCUT2D eigenvalue weighted by Gasteiger charge is -2.34. The van der Waals surface area contributed by atoms with E-state index in [0.717, 1.165) is 59.3 Å². The van der Waals surface area contributed by atoms with E-state index in [-0.39, 0.29) is 18.1 Å². The number of piperidine rings is 1. The summed E-state index contributed by atoms with van der Waals surface area (Å²) in [4.78, 5) is 28.9. The van der Waals surface area contributed by atoms with Gasteiger partial charge in [0, 0.05) is 42.0 Å². The minimum Gasteiger partial charge on any atom is -0.462 e. The van der Waals surface area contributed by atoms with Crippen molar-refractivity contribution in [3.05, 3.63) is 42.0 Å². The zero-order valence-electron chi connectivity index (χ0n) is 21.5. The predicted octanol–water partition coefficient (Wildman–Crippen LogP) is 5.47. The maximum atomic E-state index is 12.6. The van der Waals surface area contributed by atoms with E-state index >= 15 is 0 Å². The maximum Gasteiger partial charge on any atom is 0.407 e. The highest BCUT2D eigenvalue weighted by atomic mass is 32.2. The maximum absolute atomic E-state index is 12.6. The molecule has 194 valence electrons. The van der Waals surface area contributed by atoms with Crippen LogP contribution >= 0.6 is 11.8 Å². The Bertz CT molecular complexity index is 1090. The molecular weight excluding hydrogens is 476 g/mol. The quantitative estimate of drug-likeness (QED) is 0.359. The van der Waals surface area contributed by atoms with Gasteiger partial charge in [-0.3, -0.25) is 0 Å². The first-order chi connectivity index (χ1) is 17.2. The number of alkyl carbamates (subject to hydrolysis) is 1. The standard InChI is InChI=1S/C27H36N4O4S/c1-5-34-25(32)18-16-21(24-23(17-18)36-22-9-7-6-8-20(22)30-24)29-19-10-13-31(14-11-19)15-12-28-26(33)35-27(2,3)4/h6-9,16-17,19,29-30H,5,10-15H2,1-4H3,(H,28,33). The largest absolute Gasteiger partial charge is 0.462 e. The second-order valence-corrected chi connectivity index (χ2v) is 11.1. The van der Waals surface area contributed by atoms with Crippen molar-refractivity contribution in [2.75, 3.05) is 43.4 Å². The molecule has 0 spiro atoms. The lowest BCUT2D eigenvalue weighted by molar-refractivity contribution is 0.0512. The van der Waals surface area contributed by atoms with Crippen molar-refractivity contribution in [3.63, 3.8) is 0 Å². The molecule has 0 radical (unpaired) electrons. The van der Waals surface area contributed by atoms with Gasteiger partial charge in [-0.15, -0.1) is 0 Å². The van der Waals surface area contributed by atoms with E-state index in [4.69, 9.17) is 9.47 Å². The van der Waals surface area contributed by atoms with Crippen LogP contribution in [0.5, 0.6) is 0 Å². The van der Waals surface area contributed by atoms with Crippen LogP contribution in [0.25, 0.3) is 0 Å². The summed E-state index contributed by atoms with van der Waals surface area (Å²) in [5.41, 5.74) is 3.04. The van der Waals surface area contributed by atoms with Gasteiger partial charge in [-0.25, -0.2) is 9.59 Å². The minimum absolute atomic E-state index is 0.283. The molecule has 1 saturated heterocycles. The van der Waals surface area contributed by atoms with E-state index in [2.05, 4.69) is 33.0 Å². The summed E-state index contributed by atoms with van der Waals surface area (Å²) in [5, 5.41) is 10.1. The predicted molar refractivity (Wildman–Crippen MR) is 144 cm³/mol. The number of amides is 1. The van der Waals surface area contributed by atoms with Gasteiger partial charge in [-0.1, -0.05) is 23.9 Å². The fourth-order valence-electron chi connectivity index (χ4n) is 4.33. The number of nitrogens with zero attached hydrogens (tertiary/aromatic N) is 1. The summed E-state index contributed by atoms with van der Waals surface area (Å²) in [6, 6.07) is 12.3. The molecule has 0 bridgehead atoms. The van der Waals surface area contributed by atoms with Crippen LogP contribution in [0.3, 0.4) is 0 Å². The molecule has 2 aliphatic rings. The van der Waals surface area contributed by atoms with Gasteiger partial charge in [0.15, 0.2) is 0 Å². The van der Waals surface area contributed by atoms with Crippen LogP contribution in [0.1, 0.15) is 50.9 Å². The topological polar surface area (TPSA) is 91.9 Å². The molecule has 1 amide bonds. The van der Waals surface area contributed by atoms with Crippen molar-refractivity contribution in [1.82, 2.24) is 10.2 Å². The smallest absolute Gasteiger partial charge is 0.407 e. The van der Waals surface area contributed by atoms with Crippen molar-refractivity contribution in [2.24, 2.45) is 0 Å². The average Bonchev–Trinajstić information content (AvgIpc) is 2.83. The van der Waals surface area contributed by atoms with Crippen LogP contribution in [0.15, 0.2) is 46.2 Å². The van der Waals surface area contributed by atoms with Gasteiger partial charge in [0.05, 0.1) is 29.2 Å². The van der Waals surface area contributed by atoms with Gasteiger partial charge >= 0.3 is 12.1 Å². The minimum atomic E-state index is -0.493. The Balaban J connectivity index is 1.38. The fourth-order valence-corrected chi connectivity index (χ4v) is 5.40. The Labute approximate surface area is 217 Å². The number of hydrogen-bond acceptors (Lipinski definition) is 8. The number of carbonyl (C=O) groups excluding carboxylic acids is 2. The van der Waals surface area contributed by atoms with Crippen molar-refractivity contribution in [2.45, 2.75) is 62.0 Å². The number of ether oxygens (including phenoxy) is 2. The molecule has 2 aliphatic heterocycles. The first-order valence-corrected chi connectivity index (χ1v) is 13.4. The molecule has 0 unspecified atom stereocenters. The van der Waals surface area contributed by atoms with E-state index in [0.29, 0.717) is 18.7 Å². The number of hydrogen-bond donors (Lipinski definition) is 3. The van der Waals surface area contributed by atoms with Crippen molar-refractivity contribution in [1.29, 1.82) is 0 Å². The van der Waals surface area contributed by atoms with Crippen LogP contribution in [0.4, 0.5) is 21.9 Å². The second-order valence-electron chi connectivity index (χ2n) is 10.0. The number of carbonyl (C=O) groups is 2. The van der Waals surface area contributed by atoms with Gasteiger partial charge in [0.2, 0.25) is 0 Å². The van der Waals surface area contributed by atoms with Gasteiger partial charge in [-0.2, -0.15) is 0 Å². The van der Waals surface area contributed by atoms with Crippen LogP contribution < -0.4 is 16.0 Å². The zero-order chi connectivity index (χ0) is 25.7. The third-order valence-corrected chi connectivity index (χ3v) is 7.14. The lowest BCUT2D eigenvalue weighted by atomic mass is 10.0. The molecule has 0 aliphatic carbocycles. The summed E-state index contributed by atoms with van der Waals surface area (Å²) in [7, 11) is 0. The molecule has 0 atom stereocenters. The lowest BCUT2D eigenvalue weighted by Crippen LogP contribution is -2.43. The number of esters is 1. The Morgan fingerprint density at radius 1 is 1.14 bits per heavy atom. The molecule has 8 nitrogen and oxygen atoms in total. The van der Waals surface area contributed by atoms with E-state index in [1.165, 1.54) is 0 Å². The Morgan fingerprint density at radius 3 is 2.61 bits per heavy atom. The van der Waals surface area contributed by atoms with Gasteiger partial charge in [0.1, 0.15) is 5.60 Å². The molecule has 0 saturated carbocycles. The molecule has 0 aromatic heterocycles. The number of para-hydroxylation sites is 1. The Kier molecular flexibility index (Phi) is 8.31. The van der Waals surface area contributed by atoms with E-state index in [1.54, 1.807) is 11.8 Å². The third kappa shape index (κ3) is 6.85. The fraction of sp³-hybridized carbons (Fsp3) is 0.481. The first-order valence-electron chi connectivity index (χ1n) is 12.6. The Morgan fingerprint density at radius 2 is 1.89 bits per heavy atom. The number of nitrogens with one attached hydrogen (secondary N) is 3. The van der Waals surface area contributed by atoms with Gasteiger partial charge in [0.25, 0.3) is 0 Å². The number of anilines is 3. The van der Waals surface area contributed by atoms with E-state index in [9.17, 15) is 9.59 Å². The molecule has 3 N–H and O–H groups in total. The molecule has 9 heteroatoms. The van der Waals surface area contributed by atoms with E-state index < -0.39 is 5.60 Å². The highest BCUT2D eigenvalue weighted by Gasteiger charge is 2.25. The van der Waals surface area contributed by atoms with Crippen molar-refractivity contribution < 1.29 is 19.1 Å². The molecule has 2 heterocycles. The van der Waals surface area contributed by atoms with Crippen LogP contribution in [-0.4, -0.2) is 61.4 Å². The number of fused-ring (bicyclic) bond motifs is 2. The van der Waals surface area contributed by atoms with Crippen molar-refractivity contribution in [3.8, 4) is 0 Å². The molecule has 4 rings (SSSR count). The highest BCUT2D eigenvalue weighted by Crippen LogP contribution is 2.48. The zero-order valence-corrected chi connectivity index (χ0v) is 22.3. The van der Waals surface area contributed by atoms with E-state index in [1.807, 2.05) is 52.0 Å². The van der Waals surface area contributed by atoms with Crippen LogP contribution in [0.2, 0.25) is 0 Å². The van der Waals surface area contributed by atoms with Crippen LogP contribution in [0, 0.1) is 0 Å². The number of benzene rings is 2. The summed E-state index contributed by atoms with van der Waals surface area (Å²) in [6.45, 7) is 10.9. The molecular formula is C27H36N4O4S. The summed E-state index contributed by atoms with van der Waals surface area (Å²) in [5.74, 6) is -0.310. The third-order valence-electron chi connectivity index (χ3n) is 6.02. The monoisotopic (exact) mass is 512 g/mol. The molecule has 2 aromatic carbocycles. The molecule has 1 fully saturated rings. The Hall–Kier alpha value is -2.91. The summed E-state index contributed by atoms with van der Waals surface area (Å²) < 4.78 is 10.6. The summed E-state index contributed by atoms with van der Waals surface area (Å²) in [6.07, 6.45) is 1.56. The average molecular weight is 513 g/mol. The van der Waals surface area contributed by atoms with Gasteiger partial charge < -0.3 is 30.3 Å². The SMILES string of the molecule is CCOC(=O)c1cc(NC2CCN(CCNC(=O)OC(C)(C)C)CC2)c2c(c1)Sc1ccccc1N2. The first kappa shape index (κ1) is 26.2. The summed E-state index contributed by atoms with van der Waals surface area (Å²) >= 11 is 1.66. The van der Waals surface area contributed by atoms with Gasteiger partial charge in [-0.05, 0) is 64.8 Å². The van der Waals surface area contributed by atoms with Crippen LogP contribution in [-0.2, 0) is 9.47 Å². The number of likely N-dealkylation sites (tertiary alicyclic amines) is 1. The van der Waals surface area contributed by atoms with Crippen molar-refractivity contribution >= 4 is 40.9 Å². The number of rotatable bonds is 7. The molecule has 2 aromatic rings. The highest BCUT2D eigenvalue weighted by molar-refractivity contribution is 7.99.